The number of nitrogens with zero attached hydrogens (tertiary/aromatic N) is 2. The van der Waals surface area contributed by atoms with Gasteiger partial charge in [0.1, 0.15) is 35.8 Å². The van der Waals surface area contributed by atoms with Crippen LogP contribution in [0.25, 0.3) is 11.0 Å². The standard InChI is InChI=1S/C12H16N4O4/c1-12(19)6(17)3-20-10(12)9(18)5-2-14-8-7(5)15-4-16-11(8)13/h2,4,6,9-10,14,17-19H,3H2,1H3,(H2,13,15,16). The van der Waals surface area contributed by atoms with Crippen LogP contribution in [0, 0.1) is 0 Å². The molecule has 0 aromatic carbocycles. The Balaban J connectivity index is 2.01. The van der Waals surface area contributed by atoms with Crippen LogP contribution in [0.15, 0.2) is 12.5 Å². The van der Waals surface area contributed by atoms with Gasteiger partial charge in [-0.25, -0.2) is 9.97 Å². The number of anilines is 1. The van der Waals surface area contributed by atoms with Crippen LogP contribution in [0.1, 0.15) is 18.6 Å². The fourth-order valence-electron chi connectivity index (χ4n) is 2.50. The lowest BCUT2D eigenvalue weighted by molar-refractivity contribution is -0.108. The summed E-state index contributed by atoms with van der Waals surface area (Å²) in [7, 11) is 0. The Hall–Kier alpha value is -1.74. The zero-order valence-electron chi connectivity index (χ0n) is 10.8. The zero-order valence-corrected chi connectivity index (χ0v) is 10.8. The molecule has 20 heavy (non-hydrogen) atoms. The molecule has 2 aromatic rings. The van der Waals surface area contributed by atoms with Crippen LogP contribution in [0.5, 0.6) is 0 Å². The number of H-pyrrole nitrogens is 1. The van der Waals surface area contributed by atoms with Gasteiger partial charge in [0.2, 0.25) is 0 Å². The van der Waals surface area contributed by atoms with Gasteiger partial charge in [-0.2, -0.15) is 0 Å². The number of aliphatic hydroxyl groups is 3. The summed E-state index contributed by atoms with van der Waals surface area (Å²) in [6.07, 6.45) is -0.306. The Morgan fingerprint density at radius 3 is 2.95 bits per heavy atom. The molecule has 3 rings (SSSR count). The van der Waals surface area contributed by atoms with Crippen molar-refractivity contribution in [2.75, 3.05) is 12.3 Å². The second-order valence-corrected chi connectivity index (χ2v) is 5.17. The highest BCUT2D eigenvalue weighted by Crippen LogP contribution is 2.37. The average molecular weight is 280 g/mol. The van der Waals surface area contributed by atoms with Crippen molar-refractivity contribution < 1.29 is 20.1 Å². The van der Waals surface area contributed by atoms with E-state index in [1.54, 1.807) is 6.20 Å². The monoisotopic (exact) mass is 280 g/mol. The molecule has 6 N–H and O–H groups in total. The summed E-state index contributed by atoms with van der Waals surface area (Å²) in [4.78, 5) is 10.8. The maximum Gasteiger partial charge on any atom is 0.151 e. The summed E-state index contributed by atoms with van der Waals surface area (Å²) < 4.78 is 5.31. The Morgan fingerprint density at radius 2 is 2.30 bits per heavy atom. The first kappa shape index (κ1) is 13.3. The van der Waals surface area contributed by atoms with E-state index in [0.717, 1.165) is 0 Å². The molecule has 2 aromatic heterocycles. The smallest absolute Gasteiger partial charge is 0.151 e. The normalized spacial score (nSPS) is 31.8. The van der Waals surface area contributed by atoms with Gasteiger partial charge >= 0.3 is 0 Å². The molecule has 1 saturated heterocycles. The number of nitrogen functional groups attached to an aromatic ring is 1. The Labute approximate surface area is 114 Å². The van der Waals surface area contributed by atoms with Gasteiger partial charge in [0.25, 0.3) is 0 Å². The number of aromatic amines is 1. The zero-order chi connectivity index (χ0) is 14.5. The minimum absolute atomic E-state index is 0.0335. The molecule has 0 radical (unpaired) electrons. The van der Waals surface area contributed by atoms with E-state index in [-0.39, 0.29) is 12.4 Å². The van der Waals surface area contributed by atoms with Gasteiger partial charge < -0.3 is 30.8 Å². The summed E-state index contributed by atoms with van der Waals surface area (Å²) in [5, 5.41) is 30.3. The molecular weight excluding hydrogens is 264 g/mol. The topological polar surface area (TPSA) is 138 Å². The van der Waals surface area contributed by atoms with Crippen molar-refractivity contribution in [3.05, 3.63) is 18.1 Å². The van der Waals surface area contributed by atoms with Gasteiger partial charge in [-0.05, 0) is 6.92 Å². The molecule has 0 amide bonds. The Bertz CT molecular complexity index is 641. The quantitative estimate of drug-likeness (QED) is 0.480. The van der Waals surface area contributed by atoms with E-state index < -0.39 is 23.9 Å². The molecule has 108 valence electrons. The fraction of sp³-hybridized carbons (Fsp3) is 0.500. The third kappa shape index (κ3) is 1.77. The van der Waals surface area contributed by atoms with Crippen molar-refractivity contribution in [1.29, 1.82) is 0 Å². The highest BCUT2D eigenvalue weighted by atomic mass is 16.5. The number of rotatable bonds is 2. The van der Waals surface area contributed by atoms with Crippen molar-refractivity contribution in [3.8, 4) is 0 Å². The highest BCUT2D eigenvalue weighted by Gasteiger charge is 2.50. The molecule has 8 heteroatoms. The fourth-order valence-corrected chi connectivity index (χ4v) is 2.50. The maximum absolute atomic E-state index is 10.4. The van der Waals surface area contributed by atoms with Crippen molar-refractivity contribution in [1.82, 2.24) is 15.0 Å². The van der Waals surface area contributed by atoms with Crippen molar-refractivity contribution >= 4 is 16.9 Å². The van der Waals surface area contributed by atoms with Gasteiger partial charge in [0.15, 0.2) is 5.82 Å². The second-order valence-electron chi connectivity index (χ2n) is 5.17. The predicted molar refractivity (Wildman–Crippen MR) is 69.6 cm³/mol. The van der Waals surface area contributed by atoms with E-state index in [1.807, 2.05) is 0 Å². The van der Waals surface area contributed by atoms with Crippen molar-refractivity contribution in [2.45, 2.75) is 30.8 Å². The molecule has 3 heterocycles. The molecule has 4 atom stereocenters. The molecule has 8 nitrogen and oxygen atoms in total. The van der Waals surface area contributed by atoms with Crippen molar-refractivity contribution in [3.63, 3.8) is 0 Å². The number of hydrogen-bond acceptors (Lipinski definition) is 7. The first-order valence-corrected chi connectivity index (χ1v) is 6.20. The van der Waals surface area contributed by atoms with Crippen LogP contribution >= 0.6 is 0 Å². The third-order valence-electron chi connectivity index (χ3n) is 3.81. The first-order valence-electron chi connectivity index (χ1n) is 6.20. The molecule has 0 bridgehead atoms. The highest BCUT2D eigenvalue weighted by molar-refractivity contribution is 5.87. The third-order valence-corrected chi connectivity index (χ3v) is 3.81. The van der Waals surface area contributed by atoms with Gasteiger partial charge in [0, 0.05) is 11.8 Å². The lowest BCUT2D eigenvalue weighted by Gasteiger charge is -2.29. The summed E-state index contributed by atoms with van der Waals surface area (Å²) in [5.74, 6) is 0.271. The number of nitrogens with one attached hydrogen (secondary N) is 1. The maximum atomic E-state index is 10.4. The minimum atomic E-state index is -1.54. The largest absolute Gasteiger partial charge is 0.388 e. The van der Waals surface area contributed by atoms with Crippen LogP contribution in [-0.4, -0.2) is 54.7 Å². The van der Waals surface area contributed by atoms with Gasteiger partial charge in [-0.3, -0.25) is 0 Å². The number of hydrogen-bond donors (Lipinski definition) is 5. The number of ether oxygens (including phenoxy) is 1. The molecule has 0 aliphatic carbocycles. The number of nitrogens with two attached hydrogens (primary N) is 1. The molecular formula is C12H16N4O4. The second kappa shape index (κ2) is 4.38. The average Bonchev–Trinajstić information content (AvgIpc) is 2.93. The van der Waals surface area contributed by atoms with Crippen LogP contribution < -0.4 is 5.73 Å². The number of aromatic nitrogens is 3. The summed E-state index contributed by atoms with van der Waals surface area (Å²) in [6, 6.07) is 0. The lowest BCUT2D eigenvalue weighted by atomic mass is 9.89. The van der Waals surface area contributed by atoms with Crippen LogP contribution in [0.4, 0.5) is 5.82 Å². The molecule has 0 saturated carbocycles. The van der Waals surface area contributed by atoms with Crippen molar-refractivity contribution in [2.24, 2.45) is 0 Å². The van der Waals surface area contributed by atoms with Gasteiger partial charge in [-0.1, -0.05) is 0 Å². The Morgan fingerprint density at radius 1 is 1.55 bits per heavy atom. The number of fused-ring (bicyclic) bond motifs is 1. The van der Waals surface area contributed by atoms with E-state index in [2.05, 4.69) is 15.0 Å². The molecule has 1 aliphatic heterocycles. The number of aliphatic hydroxyl groups excluding tert-OH is 2. The minimum Gasteiger partial charge on any atom is -0.388 e. The summed E-state index contributed by atoms with van der Waals surface area (Å²) in [6.45, 7) is 1.39. The summed E-state index contributed by atoms with van der Waals surface area (Å²) in [5.41, 5.74) is 5.59. The van der Waals surface area contributed by atoms with E-state index >= 15 is 0 Å². The first-order chi connectivity index (χ1) is 9.43. The van der Waals surface area contributed by atoms with E-state index in [9.17, 15) is 15.3 Å². The molecule has 1 fully saturated rings. The summed E-state index contributed by atoms with van der Waals surface area (Å²) >= 11 is 0. The van der Waals surface area contributed by atoms with Gasteiger partial charge in [-0.15, -0.1) is 0 Å². The van der Waals surface area contributed by atoms with E-state index in [0.29, 0.717) is 16.6 Å². The molecule has 1 aliphatic rings. The van der Waals surface area contributed by atoms with Crippen LogP contribution in [0.2, 0.25) is 0 Å². The lowest BCUT2D eigenvalue weighted by Crippen LogP contribution is -2.46. The van der Waals surface area contributed by atoms with E-state index in [4.69, 9.17) is 10.5 Å². The molecule has 0 spiro atoms. The molecule has 4 unspecified atom stereocenters. The van der Waals surface area contributed by atoms with E-state index in [1.165, 1.54) is 13.3 Å². The predicted octanol–water partition coefficient (Wildman–Crippen LogP) is -0.916. The SMILES string of the molecule is CC1(O)C(O)COC1C(O)c1c[nH]c2c(N)ncnc12. The van der Waals surface area contributed by atoms with Gasteiger partial charge in [0.05, 0.1) is 12.1 Å². The van der Waals surface area contributed by atoms with Crippen LogP contribution in [0.3, 0.4) is 0 Å². The Kier molecular flexibility index (Phi) is 2.91. The van der Waals surface area contributed by atoms with Crippen LogP contribution in [-0.2, 0) is 4.74 Å².